The maximum atomic E-state index is 14.9. The molecule has 0 spiro atoms. The van der Waals surface area contributed by atoms with Gasteiger partial charge >= 0.3 is 12.4 Å². The normalized spacial score (nSPS) is 14.5. The van der Waals surface area contributed by atoms with E-state index in [-0.39, 0.29) is 28.6 Å². The predicted molar refractivity (Wildman–Crippen MR) is 133 cm³/mol. The molecule has 1 aromatic carbocycles. The average Bonchev–Trinajstić information content (AvgIpc) is 2.88. The van der Waals surface area contributed by atoms with E-state index >= 15 is 0 Å². The van der Waals surface area contributed by atoms with Crippen LogP contribution in [0.2, 0.25) is 0 Å². The van der Waals surface area contributed by atoms with Gasteiger partial charge in [0.2, 0.25) is 0 Å². The van der Waals surface area contributed by atoms with Crippen LogP contribution in [0.3, 0.4) is 0 Å². The number of halogens is 8. The minimum atomic E-state index is -4.99. The first kappa shape index (κ1) is 30.5. The van der Waals surface area contributed by atoms with Gasteiger partial charge in [-0.3, -0.25) is 9.59 Å². The molecule has 0 fully saturated rings. The molecular weight excluding hydrogens is 584 g/mol. The van der Waals surface area contributed by atoms with E-state index in [1.165, 1.54) is 25.3 Å². The number of benzene rings is 1. The number of H-pyrrole nitrogens is 1. The molecule has 42 heavy (non-hydrogen) atoms. The van der Waals surface area contributed by atoms with Crippen molar-refractivity contribution in [1.82, 2.24) is 24.7 Å². The number of anilines is 1. The Bertz CT molecular complexity index is 1700. The molecule has 0 saturated heterocycles. The lowest BCUT2D eigenvalue weighted by atomic mass is 10.1. The number of nitrogens with one attached hydrogen (secondary N) is 2. The van der Waals surface area contributed by atoms with Crippen molar-refractivity contribution in [3.05, 3.63) is 80.6 Å². The topological polar surface area (TPSA) is 126 Å². The number of fused-ring (bicyclic) bond motifs is 1. The summed E-state index contributed by atoms with van der Waals surface area (Å²) in [5.41, 5.74) is -5.33. The highest BCUT2D eigenvalue weighted by Gasteiger charge is 2.40. The van der Waals surface area contributed by atoms with Crippen molar-refractivity contribution in [2.24, 2.45) is 0 Å². The minimum Gasteiger partial charge on any atom is -0.381 e. The van der Waals surface area contributed by atoms with Gasteiger partial charge in [0.1, 0.15) is 17.6 Å². The maximum Gasteiger partial charge on any atom is 0.423 e. The first-order chi connectivity index (χ1) is 19.6. The smallest absolute Gasteiger partial charge is 0.381 e. The average molecular weight is 604 g/mol. The van der Waals surface area contributed by atoms with E-state index < -0.39 is 71.0 Å². The number of alkyl halides is 7. The number of aromatic nitrogens is 5. The fourth-order valence-corrected chi connectivity index (χ4v) is 4.21. The molecule has 0 aliphatic rings. The molecular formula is C25H20F8N6O3. The zero-order valence-corrected chi connectivity index (χ0v) is 21.3. The van der Waals surface area contributed by atoms with Gasteiger partial charge in [-0.15, -0.1) is 0 Å². The fourth-order valence-electron chi connectivity index (χ4n) is 4.21. The van der Waals surface area contributed by atoms with Gasteiger partial charge in [0.05, 0.1) is 29.4 Å². The third-order valence-electron chi connectivity index (χ3n) is 6.15. The van der Waals surface area contributed by atoms with E-state index in [1.807, 2.05) is 0 Å². The van der Waals surface area contributed by atoms with Crippen LogP contribution in [0.25, 0.3) is 22.2 Å². The molecule has 3 heterocycles. The van der Waals surface area contributed by atoms with Crippen molar-refractivity contribution < 1.29 is 40.2 Å². The summed E-state index contributed by atoms with van der Waals surface area (Å²) in [6.45, 7) is 0.836. The van der Waals surface area contributed by atoms with Gasteiger partial charge in [0, 0.05) is 36.6 Å². The summed E-state index contributed by atoms with van der Waals surface area (Å²) in [7, 11) is 0. The molecule has 0 aliphatic heterocycles. The van der Waals surface area contributed by atoms with Gasteiger partial charge < -0.3 is 15.0 Å². The predicted octanol–water partition coefficient (Wildman–Crippen LogP) is 4.52. The highest BCUT2D eigenvalue weighted by atomic mass is 19.4. The zero-order valence-electron chi connectivity index (χ0n) is 21.3. The Hall–Kier alpha value is -4.41. The number of rotatable bonds is 8. The molecule has 0 unspecified atom stereocenters. The van der Waals surface area contributed by atoms with E-state index in [4.69, 9.17) is 0 Å². The van der Waals surface area contributed by atoms with E-state index in [0.717, 1.165) is 16.8 Å². The van der Waals surface area contributed by atoms with E-state index in [2.05, 4.69) is 20.4 Å². The molecule has 0 saturated carbocycles. The molecule has 0 bridgehead atoms. The van der Waals surface area contributed by atoms with Gasteiger partial charge in [0.25, 0.3) is 11.1 Å². The van der Waals surface area contributed by atoms with Gasteiger partial charge in [-0.05, 0) is 30.5 Å². The van der Waals surface area contributed by atoms with E-state index in [0.29, 0.717) is 12.4 Å². The van der Waals surface area contributed by atoms with Gasteiger partial charge in [-0.2, -0.15) is 31.4 Å². The number of nitrogens with zero attached hydrogens (tertiary/aromatic N) is 4. The van der Waals surface area contributed by atoms with Gasteiger partial charge in [0.15, 0.2) is 11.9 Å². The van der Waals surface area contributed by atoms with E-state index in [9.17, 15) is 49.8 Å². The van der Waals surface area contributed by atoms with Crippen molar-refractivity contribution >= 4 is 16.5 Å². The quantitative estimate of drug-likeness (QED) is 0.253. The lowest BCUT2D eigenvalue weighted by molar-refractivity contribution is -0.206. The van der Waals surface area contributed by atoms with Crippen molar-refractivity contribution in [3.8, 4) is 11.4 Å². The summed E-state index contributed by atoms with van der Waals surface area (Å²) in [5, 5.41) is 16.7. The molecule has 3 N–H and O–H groups in total. The largest absolute Gasteiger partial charge is 0.423 e. The zero-order chi connectivity index (χ0) is 31.0. The van der Waals surface area contributed by atoms with Crippen LogP contribution < -0.4 is 16.4 Å². The first-order valence-electron chi connectivity index (χ1n) is 12.0. The molecule has 4 aromatic rings. The third-order valence-corrected chi connectivity index (χ3v) is 6.15. The van der Waals surface area contributed by atoms with Crippen LogP contribution in [-0.4, -0.2) is 48.2 Å². The van der Waals surface area contributed by atoms with Crippen LogP contribution in [0.5, 0.6) is 0 Å². The second-order valence-corrected chi connectivity index (χ2v) is 9.34. The Morgan fingerprint density at radius 3 is 2.36 bits per heavy atom. The standard InChI is InChI=1S/C25H20F8N6O3/c1-11(37-18-9-36-38-22(41)19(18)24(28,29)30)4-14(26)10-39-3-2-12-5-16(17(27)6-15(12)23(39)42)21-34-7-13(8-35-21)20(40)25(31,32)33/h2-3,5-9,11,14,20,40H,4,10H2,1H3,(H2,37,38,41)/t11-,14+,20+/m1/s1. The van der Waals surface area contributed by atoms with Crippen molar-refractivity contribution in [2.45, 2.75) is 50.6 Å². The molecule has 0 radical (unpaired) electrons. The minimum absolute atomic E-state index is 0.161. The molecule has 0 aliphatic carbocycles. The second kappa shape index (κ2) is 11.5. The number of hydrogen-bond acceptors (Lipinski definition) is 7. The maximum absolute atomic E-state index is 14.9. The molecule has 224 valence electrons. The molecule has 0 amide bonds. The number of hydrogen-bond donors (Lipinski definition) is 3. The highest BCUT2D eigenvalue weighted by Crippen LogP contribution is 2.33. The van der Waals surface area contributed by atoms with Crippen LogP contribution in [0.1, 0.15) is 30.6 Å². The number of aromatic amines is 1. The summed E-state index contributed by atoms with van der Waals surface area (Å²) >= 11 is 0. The SMILES string of the molecule is C[C@H](C[C@H](F)Cn1ccc2cc(-c3ncc([C@H](O)C(F)(F)F)cn3)c(F)cc2c1=O)Nc1cn[nH]c(=O)c1C(F)(F)F. The van der Waals surface area contributed by atoms with Crippen molar-refractivity contribution in [2.75, 3.05) is 5.32 Å². The summed E-state index contributed by atoms with van der Waals surface area (Å²) in [5.74, 6) is -1.31. The number of pyridine rings is 1. The van der Waals surface area contributed by atoms with Gasteiger partial charge in [-0.1, -0.05) is 0 Å². The molecule has 17 heteroatoms. The molecule has 3 aromatic heterocycles. The Morgan fingerprint density at radius 1 is 1.07 bits per heavy atom. The molecule has 4 rings (SSSR count). The first-order valence-corrected chi connectivity index (χ1v) is 12.0. The van der Waals surface area contributed by atoms with E-state index in [1.54, 1.807) is 5.10 Å². The van der Waals surface area contributed by atoms with Crippen LogP contribution in [-0.2, 0) is 12.7 Å². The number of aliphatic hydroxyl groups excluding tert-OH is 1. The Kier molecular flexibility index (Phi) is 8.34. The van der Waals surface area contributed by atoms with Gasteiger partial charge in [-0.25, -0.2) is 23.8 Å². The van der Waals surface area contributed by atoms with Crippen LogP contribution in [0.4, 0.5) is 40.8 Å². The third kappa shape index (κ3) is 6.56. The van der Waals surface area contributed by atoms with Crippen LogP contribution in [0.15, 0.2) is 52.6 Å². The summed E-state index contributed by atoms with van der Waals surface area (Å²) in [6, 6.07) is 2.44. The van der Waals surface area contributed by atoms with Crippen molar-refractivity contribution in [3.63, 3.8) is 0 Å². The molecule has 9 nitrogen and oxygen atoms in total. The van der Waals surface area contributed by atoms with Crippen LogP contribution in [0, 0.1) is 5.82 Å². The summed E-state index contributed by atoms with van der Waals surface area (Å²) in [4.78, 5) is 31.9. The lowest BCUT2D eigenvalue weighted by Crippen LogP contribution is -2.30. The second-order valence-electron chi connectivity index (χ2n) is 9.34. The van der Waals surface area contributed by atoms with Crippen molar-refractivity contribution in [1.29, 1.82) is 0 Å². The molecule has 3 atom stereocenters. The highest BCUT2D eigenvalue weighted by molar-refractivity contribution is 5.86. The summed E-state index contributed by atoms with van der Waals surface area (Å²) in [6.07, 6.45) is -11.6. The van der Waals surface area contributed by atoms with Crippen LogP contribution >= 0.6 is 0 Å². The Balaban J connectivity index is 1.51. The Morgan fingerprint density at radius 2 is 1.74 bits per heavy atom. The monoisotopic (exact) mass is 604 g/mol. The fraction of sp³-hybridized carbons (Fsp3) is 0.320. The number of aliphatic hydroxyl groups is 1. The lowest BCUT2D eigenvalue weighted by Gasteiger charge is -2.20. The summed E-state index contributed by atoms with van der Waals surface area (Å²) < 4.78 is 108. The Labute approximate surface area is 229 Å².